The number of thioether (sulfide) groups is 1. The van der Waals surface area contributed by atoms with Gasteiger partial charge in [0.15, 0.2) is 11.0 Å². The molecule has 6 heteroatoms. The van der Waals surface area contributed by atoms with Crippen LogP contribution in [-0.4, -0.2) is 39.7 Å². The van der Waals surface area contributed by atoms with Gasteiger partial charge >= 0.3 is 0 Å². The predicted molar refractivity (Wildman–Crippen MR) is 100 cm³/mol. The Morgan fingerprint density at radius 3 is 2.20 bits per heavy atom. The van der Waals surface area contributed by atoms with Crippen LogP contribution < -0.4 is 0 Å². The number of aromatic nitrogens is 3. The van der Waals surface area contributed by atoms with Gasteiger partial charge in [-0.15, -0.1) is 10.2 Å². The molecular formula is C19H20N4OS. The number of amides is 1. The van der Waals surface area contributed by atoms with Gasteiger partial charge in [0.05, 0.1) is 0 Å². The normalized spacial score (nSPS) is 12.0. The largest absolute Gasteiger partial charge is 0.348 e. The lowest BCUT2D eigenvalue weighted by atomic mass is 10.1. The Hall–Kier alpha value is -2.60. The quantitative estimate of drug-likeness (QED) is 0.661. The van der Waals surface area contributed by atoms with Crippen LogP contribution in [0.1, 0.15) is 10.8 Å². The minimum absolute atomic E-state index is 0.0282. The molecule has 0 N–H and O–H groups in total. The topological polar surface area (TPSA) is 51.0 Å². The molecule has 0 spiro atoms. The lowest BCUT2D eigenvalue weighted by Gasteiger charge is -2.20. The van der Waals surface area contributed by atoms with Gasteiger partial charge in [0, 0.05) is 26.7 Å². The van der Waals surface area contributed by atoms with Crippen molar-refractivity contribution in [2.75, 3.05) is 14.1 Å². The van der Waals surface area contributed by atoms with E-state index < -0.39 is 0 Å². The van der Waals surface area contributed by atoms with Crippen LogP contribution in [0.4, 0.5) is 0 Å². The van der Waals surface area contributed by atoms with Crippen molar-refractivity contribution in [3.05, 3.63) is 66.2 Å². The van der Waals surface area contributed by atoms with Crippen LogP contribution in [0, 0.1) is 0 Å². The molecule has 0 aliphatic carbocycles. The fraction of sp³-hybridized carbons (Fsp3) is 0.211. The van der Waals surface area contributed by atoms with E-state index in [0.717, 1.165) is 17.0 Å². The molecule has 0 bridgehead atoms. The SMILES string of the molecule is CN(C)C(=O)[C@@H](Sc1nnc(-c2ccccc2)n1C)c1ccccc1. The fourth-order valence-electron chi connectivity index (χ4n) is 2.48. The maximum absolute atomic E-state index is 12.7. The number of rotatable bonds is 5. The summed E-state index contributed by atoms with van der Waals surface area (Å²) in [6.07, 6.45) is 0. The first-order valence-corrected chi connectivity index (χ1v) is 8.83. The molecule has 0 unspecified atom stereocenters. The lowest BCUT2D eigenvalue weighted by Crippen LogP contribution is -2.26. The fourth-order valence-corrected chi connectivity index (χ4v) is 3.63. The molecule has 0 radical (unpaired) electrons. The molecule has 3 rings (SSSR count). The van der Waals surface area contributed by atoms with E-state index in [1.807, 2.05) is 72.3 Å². The molecule has 0 fully saturated rings. The molecule has 1 atom stereocenters. The Kier molecular flexibility index (Phi) is 5.19. The second-order valence-electron chi connectivity index (χ2n) is 5.87. The number of hydrogen-bond acceptors (Lipinski definition) is 4. The van der Waals surface area contributed by atoms with Gasteiger partial charge in [-0.1, -0.05) is 72.4 Å². The zero-order valence-electron chi connectivity index (χ0n) is 14.5. The first-order valence-electron chi connectivity index (χ1n) is 7.95. The van der Waals surface area contributed by atoms with Crippen molar-refractivity contribution < 1.29 is 4.79 Å². The Balaban J connectivity index is 1.93. The number of likely N-dealkylation sites (N-methyl/N-ethyl adjacent to an activating group) is 1. The van der Waals surface area contributed by atoms with Crippen molar-refractivity contribution in [1.29, 1.82) is 0 Å². The number of carbonyl (C=O) groups is 1. The summed E-state index contributed by atoms with van der Waals surface area (Å²) in [6.45, 7) is 0. The summed E-state index contributed by atoms with van der Waals surface area (Å²) >= 11 is 1.42. The summed E-state index contributed by atoms with van der Waals surface area (Å²) < 4.78 is 1.93. The summed E-state index contributed by atoms with van der Waals surface area (Å²) in [6, 6.07) is 19.7. The van der Waals surface area contributed by atoms with Crippen LogP contribution in [0.2, 0.25) is 0 Å². The Bertz CT molecular complexity index is 846. The van der Waals surface area contributed by atoms with Crippen molar-refractivity contribution in [3.8, 4) is 11.4 Å². The maximum atomic E-state index is 12.7. The molecule has 1 aromatic heterocycles. The van der Waals surface area contributed by atoms with E-state index in [0.29, 0.717) is 5.16 Å². The van der Waals surface area contributed by atoms with Gasteiger partial charge in [-0.05, 0) is 5.56 Å². The second kappa shape index (κ2) is 7.53. The molecule has 1 heterocycles. The van der Waals surface area contributed by atoms with Gasteiger partial charge in [0.25, 0.3) is 0 Å². The summed E-state index contributed by atoms with van der Waals surface area (Å²) in [5.41, 5.74) is 1.95. The summed E-state index contributed by atoms with van der Waals surface area (Å²) in [5, 5.41) is 8.96. The van der Waals surface area contributed by atoms with E-state index in [4.69, 9.17) is 0 Å². The van der Waals surface area contributed by atoms with E-state index in [1.54, 1.807) is 19.0 Å². The molecule has 1 amide bonds. The van der Waals surface area contributed by atoms with Gasteiger partial charge in [-0.3, -0.25) is 4.79 Å². The monoisotopic (exact) mass is 352 g/mol. The molecule has 3 aromatic rings. The Morgan fingerprint density at radius 1 is 1.00 bits per heavy atom. The Labute approximate surface area is 151 Å². The third kappa shape index (κ3) is 3.74. The van der Waals surface area contributed by atoms with Crippen LogP contribution in [0.25, 0.3) is 11.4 Å². The van der Waals surface area contributed by atoms with Gasteiger partial charge in [0.2, 0.25) is 5.91 Å². The summed E-state index contributed by atoms with van der Waals surface area (Å²) in [5.74, 6) is 0.813. The number of carbonyl (C=O) groups excluding carboxylic acids is 1. The van der Waals surface area contributed by atoms with E-state index >= 15 is 0 Å². The van der Waals surface area contributed by atoms with Gasteiger partial charge < -0.3 is 9.47 Å². The van der Waals surface area contributed by atoms with Crippen LogP contribution in [0.3, 0.4) is 0 Å². The third-order valence-corrected chi connectivity index (χ3v) is 5.13. The highest BCUT2D eigenvalue weighted by atomic mass is 32.2. The van der Waals surface area contributed by atoms with E-state index in [1.165, 1.54) is 11.8 Å². The van der Waals surface area contributed by atoms with E-state index in [-0.39, 0.29) is 11.2 Å². The third-order valence-electron chi connectivity index (χ3n) is 3.86. The van der Waals surface area contributed by atoms with Crippen LogP contribution in [0.5, 0.6) is 0 Å². The first kappa shape index (κ1) is 17.2. The number of nitrogens with zero attached hydrogens (tertiary/aromatic N) is 4. The van der Waals surface area contributed by atoms with Gasteiger partial charge in [-0.25, -0.2) is 0 Å². The highest BCUT2D eigenvalue weighted by Crippen LogP contribution is 2.36. The molecule has 128 valence electrons. The zero-order chi connectivity index (χ0) is 17.8. The van der Waals surface area contributed by atoms with Crippen LogP contribution >= 0.6 is 11.8 Å². The van der Waals surface area contributed by atoms with Gasteiger partial charge in [0.1, 0.15) is 5.25 Å². The lowest BCUT2D eigenvalue weighted by molar-refractivity contribution is -0.128. The minimum atomic E-state index is -0.359. The van der Waals surface area contributed by atoms with Crippen LogP contribution in [0.15, 0.2) is 65.8 Å². The molecule has 2 aromatic carbocycles. The molecule has 0 saturated heterocycles. The molecule has 0 aliphatic heterocycles. The van der Waals surface area contributed by atoms with Crippen molar-refractivity contribution in [2.24, 2.45) is 7.05 Å². The number of hydrogen-bond donors (Lipinski definition) is 0. The summed E-state index contributed by atoms with van der Waals surface area (Å²) in [4.78, 5) is 14.3. The molecule has 25 heavy (non-hydrogen) atoms. The van der Waals surface area contributed by atoms with Crippen LogP contribution in [-0.2, 0) is 11.8 Å². The maximum Gasteiger partial charge on any atom is 0.240 e. The van der Waals surface area contributed by atoms with E-state index in [9.17, 15) is 4.79 Å². The second-order valence-corrected chi connectivity index (χ2v) is 6.94. The average molecular weight is 352 g/mol. The molecule has 0 saturated carbocycles. The molecule has 5 nitrogen and oxygen atoms in total. The molecular weight excluding hydrogens is 332 g/mol. The van der Waals surface area contributed by atoms with Crippen molar-refractivity contribution in [1.82, 2.24) is 19.7 Å². The smallest absolute Gasteiger partial charge is 0.240 e. The molecule has 0 aliphatic rings. The highest BCUT2D eigenvalue weighted by molar-refractivity contribution is 8.00. The first-order chi connectivity index (χ1) is 12.1. The van der Waals surface area contributed by atoms with E-state index in [2.05, 4.69) is 10.2 Å². The highest BCUT2D eigenvalue weighted by Gasteiger charge is 2.26. The predicted octanol–water partition coefficient (Wildman–Crippen LogP) is 3.40. The average Bonchev–Trinajstić information content (AvgIpc) is 3.01. The standard InChI is InChI=1S/C19H20N4OS/c1-22(2)18(24)16(14-10-6-4-7-11-14)25-19-21-20-17(23(19)3)15-12-8-5-9-13-15/h4-13,16H,1-3H3/t16-/m0/s1. The van der Waals surface area contributed by atoms with Crippen molar-refractivity contribution in [2.45, 2.75) is 10.4 Å². The van der Waals surface area contributed by atoms with Crippen molar-refractivity contribution >= 4 is 17.7 Å². The Morgan fingerprint density at radius 2 is 1.60 bits per heavy atom. The minimum Gasteiger partial charge on any atom is -0.348 e. The number of benzene rings is 2. The zero-order valence-corrected chi connectivity index (χ0v) is 15.3. The van der Waals surface area contributed by atoms with Crippen molar-refractivity contribution in [3.63, 3.8) is 0 Å². The summed E-state index contributed by atoms with van der Waals surface area (Å²) in [7, 11) is 5.46. The van der Waals surface area contributed by atoms with Gasteiger partial charge in [-0.2, -0.15) is 0 Å².